The summed E-state index contributed by atoms with van der Waals surface area (Å²) >= 11 is 0. The molecule has 51 heavy (non-hydrogen) atoms. The minimum absolute atomic E-state index is 1.12. The molecule has 0 saturated carbocycles. The molecule has 1 aliphatic carbocycles. The lowest BCUT2D eigenvalue weighted by molar-refractivity contribution is 1.29. The summed E-state index contributed by atoms with van der Waals surface area (Å²) in [7, 11) is 0. The van der Waals surface area contributed by atoms with Gasteiger partial charge >= 0.3 is 0 Å². The Hall–Kier alpha value is -6.70. The van der Waals surface area contributed by atoms with E-state index in [2.05, 4.69) is 193 Å². The van der Waals surface area contributed by atoms with Crippen LogP contribution in [0.15, 0.2) is 188 Å². The smallest absolute Gasteiger partial charge is 0.0468 e. The SMILES string of the molecule is c1cc(-c2cccc3c2-c2cccc4cccc-3c24)cc(N(c2ccc3c(ccc4ccccc43)c2)c2ccc3c(ccc4ccccc43)c2)c1. The van der Waals surface area contributed by atoms with Gasteiger partial charge in [0.15, 0.2) is 0 Å². The van der Waals surface area contributed by atoms with Gasteiger partial charge in [-0.15, -0.1) is 0 Å². The molecule has 0 N–H and O–H groups in total. The highest BCUT2D eigenvalue weighted by Crippen LogP contribution is 2.51. The van der Waals surface area contributed by atoms with Crippen molar-refractivity contribution in [2.45, 2.75) is 0 Å². The molecular formula is C50H31N. The van der Waals surface area contributed by atoms with Crippen molar-refractivity contribution in [3.05, 3.63) is 188 Å². The molecule has 0 spiro atoms. The molecule has 1 aliphatic rings. The Balaban J connectivity index is 1.12. The van der Waals surface area contributed by atoms with E-state index in [-0.39, 0.29) is 0 Å². The van der Waals surface area contributed by atoms with Crippen molar-refractivity contribution in [2.75, 3.05) is 4.90 Å². The largest absolute Gasteiger partial charge is 0.310 e. The van der Waals surface area contributed by atoms with Crippen LogP contribution >= 0.6 is 0 Å². The molecule has 1 nitrogen and oxygen atoms in total. The Kier molecular flexibility index (Phi) is 6.02. The van der Waals surface area contributed by atoms with Gasteiger partial charge in [-0.25, -0.2) is 0 Å². The van der Waals surface area contributed by atoms with E-state index < -0.39 is 0 Å². The minimum atomic E-state index is 1.12. The van der Waals surface area contributed by atoms with E-state index in [1.54, 1.807) is 0 Å². The summed E-state index contributed by atoms with van der Waals surface area (Å²) in [5.41, 5.74) is 11.1. The van der Waals surface area contributed by atoms with Crippen molar-refractivity contribution >= 4 is 70.9 Å². The molecule has 0 aromatic heterocycles. The average Bonchev–Trinajstić information content (AvgIpc) is 3.53. The summed E-state index contributed by atoms with van der Waals surface area (Å²) in [6.45, 7) is 0. The summed E-state index contributed by atoms with van der Waals surface area (Å²) < 4.78 is 0. The molecule has 0 atom stereocenters. The van der Waals surface area contributed by atoms with Crippen LogP contribution < -0.4 is 4.90 Å². The lowest BCUT2D eigenvalue weighted by atomic mass is 9.93. The van der Waals surface area contributed by atoms with E-state index in [0.29, 0.717) is 0 Å². The second kappa shape index (κ2) is 10.9. The summed E-state index contributed by atoms with van der Waals surface area (Å²) in [5, 5.41) is 12.7. The van der Waals surface area contributed by atoms with Crippen LogP contribution in [0.2, 0.25) is 0 Å². The Morgan fingerprint density at radius 1 is 0.275 bits per heavy atom. The first-order valence-electron chi connectivity index (χ1n) is 17.7. The van der Waals surface area contributed by atoms with Crippen molar-refractivity contribution in [2.24, 2.45) is 0 Å². The van der Waals surface area contributed by atoms with Gasteiger partial charge in [0.1, 0.15) is 0 Å². The number of nitrogens with zero attached hydrogens (tertiary/aromatic N) is 1. The van der Waals surface area contributed by atoms with Crippen LogP contribution in [-0.2, 0) is 0 Å². The topological polar surface area (TPSA) is 3.24 Å². The van der Waals surface area contributed by atoms with Gasteiger partial charge in [0, 0.05) is 17.1 Å². The zero-order chi connectivity index (χ0) is 33.5. The molecule has 11 rings (SSSR count). The highest BCUT2D eigenvalue weighted by atomic mass is 15.1. The second-order valence-corrected chi connectivity index (χ2v) is 13.7. The standard InChI is InChI=1S/C50H31N/c1-3-15-41-32(9-1)21-23-36-30-39(25-27-43(36)41)51(40-26-28-44-37(31-40)24-22-33-10-2-4-16-42(33)44)38-14-5-13-35(29-38)45-17-8-19-47-46-18-6-11-34-12-7-20-48(49(34)46)50(45)47/h1-31H. The fourth-order valence-corrected chi connectivity index (χ4v) is 8.62. The first-order chi connectivity index (χ1) is 25.3. The zero-order valence-corrected chi connectivity index (χ0v) is 27.8. The number of benzene rings is 10. The lowest BCUT2D eigenvalue weighted by Gasteiger charge is -2.27. The van der Waals surface area contributed by atoms with Crippen LogP contribution in [-0.4, -0.2) is 0 Å². The molecule has 0 saturated heterocycles. The maximum Gasteiger partial charge on any atom is 0.0468 e. The molecule has 0 heterocycles. The number of fused-ring (bicyclic) bond motifs is 9. The van der Waals surface area contributed by atoms with E-state index in [1.807, 2.05) is 0 Å². The van der Waals surface area contributed by atoms with Gasteiger partial charge < -0.3 is 4.90 Å². The van der Waals surface area contributed by atoms with Crippen molar-refractivity contribution in [3.63, 3.8) is 0 Å². The van der Waals surface area contributed by atoms with E-state index in [4.69, 9.17) is 0 Å². The van der Waals surface area contributed by atoms with Gasteiger partial charge in [0.2, 0.25) is 0 Å². The molecule has 0 bridgehead atoms. The van der Waals surface area contributed by atoms with Gasteiger partial charge in [-0.3, -0.25) is 0 Å². The number of hydrogen-bond donors (Lipinski definition) is 0. The lowest BCUT2D eigenvalue weighted by Crippen LogP contribution is -2.10. The molecular weight excluding hydrogens is 615 g/mol. The Labute approximate surface area is 296 Å². The fourth-order valence-electron chi connectivity index (χ4n) is 8.62. The third-order valence-electron chi connectivity index (χ3n) is 10.9. The molecule has 0 aliphatic heterocycles. The predicted molar refractivity (Wildman–Crippen MR) is 219 cm³/mol. The molecule has 0 fully saturated rings. The Morgan fingerprint density at radius 2 is 0.765 bits per heavy atom. The van der Waals surface area contributed by atoms with Crippen LogP contribution in [0.4, 0.5) is 17.1 Å². The third-order valence-corrected chi connectivity index (χ3v) is 10.9. The van der Waals surface area contributed by atoms with Crippen LogP contribution in [0, 0.1) is 0 Å². The Bertz CT molecular complexity index is 2920. The van der Waals surface area contributed by atoms with Crippen molar-refractivity contribution in [1.29, 1.82) is 0 Å². The minimum Gasteiger partial charge on any atom is -0.310 e. The molecule has 0 radical (unpaired) electrons. The van der Waals surface area contributed by atoms with Crippen molar-refractivity contribution < 1.29 is 0 Å². The first-order valence-corrected chi connectivity index (χ1v) is 17.7. The molecule has 0 amide bonds. The van der Waals surface area contributed by atoms with E-state index >= 15 is 0 Å². The van der Waals surface area contributed by atoms with Crippen LogP contribution in [0.5, 0.6) is 0 Å². The van der Waals surface area contributed by atoms with Gasteiger partial charge in [0.25, 0.3) is 0 Å². The highest BCUT2D eigenvalue weighted by molar-refractivity contribution is 6.18. The molecule has 0 unspecified atom stereocenters. The van der Waals surface area contributed by atoms with Gasteiger partial charge in [-0.2, -0.15) is 0 Å². The van der Waals surface area contributed by atoms with Gasteiger partial charge in [-0.05, 0) is 124 Å². The number of hydrogen-bond acceptors (Lipinski definition) is 1. The number of rotatable bonds is 4. The quantitative estimate of drug-likeness (QED) is 0.172. The maximum absolute atomic E-state index is 2.42. The summed E-state index contributed by atoms with van der Waals surface area (Å²) in [5.74, 6) is 0. The van der Waals surface area contributed by atoms with E-state index in [1.165, 1.54) is 87.2 Å². The highest BCUT2D eigenvalue weighted by Gasteiger charge is 2.24. The third kappa shape index (κ3) is 4.28. The van der Waals surface area contributed by atoms with Crippen molar-refractivity contribution in [1.82, 2.24) is 0 Å². The molecule has 236 valence electrons. The normalized spacial score (nSPS) is 11.9. The fraction of sp³-hybridized carbons (Fsp3) is 0. The first kappa shape index (κ1) is 28.2. The predicted octanol–water partition coefficient (Wildman–Crippen LogP) is 14.2. The van der Waals surface area contributed by atoms with Crippen molar-refractivity contribution in [3.8, 4) is 33.4 Å². The van der Waals surface area contributed by atoms with Gasteiger partial charge in [-0.1, -0.05) is 152 Å². The summed E-state index contributed by atoms with van der Waals surface area (Å²) in [4.78, 5) is 2.42. The van der Waals surface area contributed by atoms with Crippen LogP contribution in [0.3, 0.4) is 0 Å². The maximum atomic E-state index is 2.42. The Morgan fingerprint density at radius 3 is 1.45 bits per heavy atom. The zero-order valence-electron chi connectivity index (χ0n) is 27.8. The van der Waals surface area contributed by atoms with Crippen LogP contribution in [0.1, 0.15) is 0 Å². The molecule has 1 heteroatoms. The average molecular weight is 646 g/mol. The number of anilines is 3. The summed E-state index contributed by atoms with van der Waals surface area (Å²) in [6.07, 6.45) is 0. The second-order valence-electron chi connectivity index (χ2n) is 13.7. The van der Waals surface area contributed by atoms with E-state index in [9.17, 15) is 0 Å². The molecule has 10 aromatic carbocycles. The van der Waals surface area contributed by atoms with E-state index in [0.717, 1.165) is 17.1 Å². The van der Waals surface area contributed by atoms with Gasteiger partial charge in [0.05, 0.1) is 0 Å². The monoisotopic (exact) mass is 645 g/mol. The van der Waals surface area contributed by atoms with Crippen LogP contribution in [0.25, 0.3) is 87.2 Å². The summed E-state index contributed by atoms with van der Waals surface area (Å²) in [6, 6.07) is 69.4. The molecule has 10 aromatic rings.